The predicted molar refractivity (Wildman–Crippen MR) is 98.0 cm³/mol. The van der Waals surface area contributed by atoms with Gasteiger partial charge in [0.2, 0.25) is 0 Å². The topological polar surface area (TPSA) is 70.4 Å². The molecule has 1 aromatic carbocycles. The van der Waals surface area contributed by atoms with E-state index in [1.54, 1.807) is 29.8 Å². The van der Waals surface area contributed by atoms with Gasteiger partial charge in [-0.05, 0) is 50.3 Å². The van der Waals surface area contributed by atoms with E-state index < -0.39 is 0 Å². The third-order valence-corrected chi connectivity index (χ3v) is 5.54. The Labute approximate surface area is 144 Å². The van der Waals surface area contributed by atoms with Gasteiger partial charge < -0.3 is 5.11 Å². The minimum atomic E-state index is 0.235. The van der Waals surface area contributed by atoms with Crippen LogP contribution in [0, 0.1) is 0 Å². The number of aryl methyl sites for hydroxylation is 2. The number of thiophene rings is 1. The maximum Gasteiger partial charge on any atom is 0.158 e. The fourth-order valence-electron chi connectivity index (χ4n) is 3.11. The zero-order valence-electron chi connectivity index (χ0n) is 13.4. The molecule has 0 saturated carbocycles. The molecule has 4 rings (SSSR count). The number of aromatic nitrogens is 2. The molecule has 0 spiro atoms. The number of anilines is 1. The van der Waals surface area contributed by atoms with Crippen molar-refractivity contribution >= 4 is 33.1 Å². The molecule has 6 heteroatoms. The van der Waals surface area contributed by atoms with Crippen molar-refractivity contribution in [2.45, 2.75) is 32.6 Å². The zero-order chi connectivity index (χ0) is 16.5. The highest BCUT2D eigenvalue weighted by Crippen LogP contribution is 2.38. The highest BCUT2D eigenvalue weighted by Gasteiger charge is 2.19. The van der Waals surface area contributed by atoms with E-state index in [0.29, 0.717) is 0 Å². The Morgan fingerprint density at radius 1 is 1.25 bits per heavy atom. The Morgan fingerprint density at radius 2 is 2.12 bits per heavy atom. The average Bonchev–Trinajstić information content (AvgIpc) is 2.99. The predicted octanol–water partition coefficient (Wildman–Crippen LogP) is 4.11. The van der Waals surface area contributed by atoms with Gasteiger partial charge in [0.15, 0.2) is 5.82 Å². The summed E-state index contributed by atoms with van der Waals surface area (Å²) < 4.78 is 0. The normalized spacial score (nSPS) is 14.6. The first-order valence-electron chi connectivity index (χ1n) is 8.07. The lowest BCUT2D eigenvalue weighted by atomic mass is 9.97. The summed E-state index contributed by atoms with van der Waals surface area (Å²) in [5.74, 6) is 0.997. The zero-order valence-corrected chi connectivity index (χ0v) is 14.2. The Hall–Kier alpha value is -2.47. The highest BCUT2D eigenvalue weighted by atomic mass is 32.1. The summed E-state index contributed by atoms with van der Waals surface area (Å²) in [7, 11) is 0. The SMILES string of the molecule is C/C(=N\Nc1ncnc2sc3c(c12)CCCC3)c1cccc(O)c1. The third kappa shape index (κ3) is 2.73. The molecule has 2 N–H and O–H groups in total. The first kappa shape index (κ1) is 15.1. The van der Waals surface area contributed by atoms with Crippen molar-refractivity contribution < 1.29 is 5.11 Å². The number of rotatable bonds is 3. The Morgan fingerprint density at radius 3 is 3.00 bits per heavy atom. The Balaban J connectivity index is 1.70. The van der Waals surface area contributed by atoms with Crippen molar-refractivity contribution in [2.75, 3.05) is 5.43 Å². The van der Waals surface area contributed by atoms with Crippen molar-refractivity contribution in [1.29, 1.82) is 0 Å². The molecule has 24 heavy (non-hydrogen) atoms. The first-order valence-corrected chi connectivity index (χ1v) is 8.89. The maximum absolute atomic E-state index is 9.60. The van der Waals surface area contributed by atoms with Crippen molar-refractivity contribution in [3.8, 4) is 5.75 Å². The second kappa shape index (κ2) is 6.20. The van der Waals surface area contributed by atoms with Gasteiger partial charge in [0, 0.05) is 10.4 Å². The molecular formula is C18H18N4OS. The summed E-state index contributed by atoms with van der Waals surface area (Å²) in [6, 6.07) is 7.07. The summed E-state index contributed by atoms with van der Waals surface area (Å²) in [5.41, 5.74) is 6.16. The summed E-state index contributed by atoms with van der Waals surface area (Å²) in [5, 5.41) is 15.2. The van der Waals surface area contributed by atoms with Crippen molar-refractivity contribution in [3.05, 3.63) is 46.6 Å². The number of aromatic hydroxyl groups is 1. The van der Waals surface area contributed by atoms with Crippen LogP contribution in [0.15, 0.2) is 35.7 Å². The van der Waals surface area contributed by atoms with Gasteiger partial charge in [-0.25, -0.2) is 9.97 Å². The van der Waals surface area contributed by atoms with Crippen LogP contribution in [0.3, 0.4) is 0 Å². The van der Waals surface area contributed by atoms with Gasteiger partial charge in [-0.2, -0.15) is 5.10 Å². The lowest BCUT2D eigenvalue weighted by Gasteiger charge is -2.11. The van der Waals surface area contributed by atoms with Crippen molar-refractivity contribution in [2.24, 2.45) is 5.10 Å². The van der Waals surface area contributed by atoms with E-state index in [1.165, 1.54) is 23.3 Å². The van der Waals surface area contributed by atoms with Crippen molar-refractivity contribution in [3.63, 3.8) is 0 Å². The van der Waals surface area contributed by atoms with Crippen LogP contribution < -0.4 is 5.43 Å². The lowest BCUT2D eigenvalue weighted by Crippen LogP contribution is -2.03. The van der Waals surface area contributed by atoms with E-state index in [1.807, 2.05) is 19.1 Å². The summed E-state index contributed by atoms with van der Waals surface area (Å²) >= 11 is 1.77. The number of nitrogens with zero attached hydrogens (tertiary/aromatic N) is 3. The Kier molecular flexibility index (Phi) is 3.90. The standard InChI is InChI=1S/C18H18N4OS/c1-11(12-5-4-6-13(23)9-12)21-22-17-16-14-7-2-3-8-15(14)24-18(16)20-10-19-17/h4-6,9-10,23H,2-3,7-8H2,1H3,(H,19,20,22)/b21-11+. The number of hydrazone groups is 1. The van der Waals surface area contributed by atoms with Gasteiger partial charge in [0.05, 0.1) is 11.1 Å². The lowest BCUT2D eigenvalue weighted by molar-refractivity contribution is 0.475. The largest absolute Gasteiger partial charge is 0.508 e. The molecule has 0 bridgehead atoms. The molecule has 0 atom stereocenters. The van der Waals surface area contributed by atoms with Crippen molar-refractivity contribution in [1.82, 2.24) is 9.97 Å². The van der Waals surface area contributed by atoms with Crippen LogP contribution in [0.5, 0.6) is 5.75 Å². The van der Waals surface area contributed by atoms with Gasteiger partial charge in [-0.3, -0.25) is 5.43 Å². The minimum Gasteiger partial charge on any atom is -0.508 e. The van der Waals surface area contributed by atoms with Crippen LogP contribution in [0.1, 0.15) is 35.8 Å². The summed E-state index contributed by atoms with van der Waals surface area (Å²) in [4.78, 5) is 11.3. The van der Waals surface area contributed by atoms with Gasteiger partial charge in [0.25, 0.3) is 0 Å². The molecule has 0 aliphatic heterocycles. The average molecular weight is 338 g/mol. The fourth-order valence-corrected chi connectivity index (χ4v) is 4.34. The first-order chi connectivity index (χ1) is 11.7. The van der Waals surface area contributed by atoms with E-state index in [-0.39, 0.29) is 5.75 Å². The van der Waals surface area contributed by atoms with E-state index >= 15 is 0 Å². The molecule has 5 nitrogen and oxygen atoms in total. The monoisotopic (exact) mass is 338 g/mol. The van der Waals surface area contributed by atoms with Crippen LogP contribution in [0.2, 0.25) is 0 Å². The molecule has 0 fully saturated rings. The molecule has 0 saturated heterocycles. The van der Waals surface area contributed by atoms with Gasteiger partial charge in [-0.1, -0.05) is 12.1 Å². The number of nitrogens with one attached hydrogen (secondary N) is 1. The van der Waals surface area contributed by atoms with Crippen LogP contribution >= 0.6 is 11.3 Å². The van der Waals surface area contributed by atoms with Crippen LogP contribution in [-0.4, -0.2) is 20.8 Å². The summed E-state index contributed by atoms with van der Waals surface area (Å²) in [6.45, 7) is 1.91. The molecule has 2 heterocycles. The molecule has 1 aliphatic carbocycles. The molecule has 0 radical (unpaired) electrons. The number of hydrogen-bond donors (Lipinski definition) is 2. The van der Waals surface area contributed by atoms with Crippen LogP contribution in [0.25, 0.3) is 10.2 Å². The highest BCUT2D eigenvalue weighted by molar-refractivity contribution is 7.19. The molecule has 0 amide bonds. The summed E-state index contributed by atoms with van der Waals surface area (Å²) in [6.07, 6.45) is 6.30. The minimum absolute atomic E-state index is 0.235. The Bertz CT molecular complexity index is 932. The van der Waals surface area contributed by atoms with E-state index in [2.05, 4.69) is 20.5 Å². The molecule has 1 aliphatic rings. The van der Waals surface area contributed by atoms with Gasteiger partial charge in [0.1, 0.15) is 16.9 Å². The third-order valence-electron chi connectivity index (χ3n) is 4.34. The molecular weight excluding hydrogens is 320 g/mol. The number of phenolic OH excluding ortho intramolecular Hbond substituents is 1. The smallest absolute Gasteiger partial charge is 0.158 e. The number of benzene rings is 1. The second-order valence-electron chi connectivity index (χ2n) is 5.97. The quantitative estimate of drug-likeness (QED) is 0.557. The fraction of sp³-hybridized carbons (Fsp3) is 0.278. The number of fused-ring (bicyclic) bond motifs is 3. The molecule has 2 aromatic heterocycles. The molecule has 0 unspecified atom stereocenters. The van der Waals surface area contributed by atoms with E-state index in [9.17, 15) is 5.11 Å². The van der Waals surface area contributed by atoms with E-state index in [0.717, 1.165) is 40.2 Å². The molecule has 3 aromatic rings. The number of hydrogen-bond acceptors (Lipinski definition) is 6. The maximum atomic E-state index is 9.60. The van der Waals surface area contributed by atoms with Gasteiger partial charge >= 0.3 is 0 Å². The van der Waals surface area contributed by atoms with Crippen LogP contribution in [-0.2, 0) is 12.8 Å². The van der Waals surface area contributed by atoms with Crippen LogP contribution in [0.4, 0.5) is 5.82 Å². The van der Waals surface area contributed by atoms with E-state index in [4.69, 9.17) is 0 Å². The van der Waals surface area contributed by atoms with Gasteiger partial charge in [-0.15, -0.1) is 11.3 Å². The number of phenols is 1. The molecule has 122 valence electrons. The second-order valence-corrected chi connectivity index (χ2v) is 7.06.